The SMILES string of the molecule is C=CC(=O)Oc1ccc(C)cc1C(=O)c1ccccc1. The average Bonchev–Trinajstić information content (AvgIpc) is 2.49. The van der Waals surface area contributed by atoms with Gasteiger partial charge in [0.1, 0.15) is 5.75 Å². The molecule has 2 rings (SSSR count). The van der Waals surface area contributed by atoms with Crippen LogP contribution in [0.25, 0.3) is 0 Å². The molecule has 0 aliphatic carbocycles. The van der Waals surface area contributed by atoms with Crippen molar-refractivity contribution in [2.45, 2.75) is 6.92 Å². The minimum absolute atomic E-state index is 0.179. The molecule has 3 nitrogen and oxygen atoms in total. The molecule has 0 N–H and O–H groups in total. The summed E-state index contributed by atoms with van der Waals surface area (Å²) in [7, 11) is 0. The van der Waals surface area contributed by atoms with Gasteiger partial charge in [-0.3, -0.25) is 4.79 Å². The van der Waals surface area contributed by atoms with E-state index in [1.54, 1.807) is 42.5 Å². The lowest BCUT2D eigenvalue weighted by atomic mass is 10.0. The summed E-state index contributed by atoms with van der Waals surface area (Å²) < 4.78 is 5.11. The van der Waals surface area contributed by atoms with Gasteiger partial charge in [-0.05, 0) is 19.1 Å². The summed E-state index contributed by atoms with van der Waals surface area (Å²) in [6.07, 6.45) is 1.07. The topological polar surface area (TPSA) is 43.4 Å². The van der Waals surface area contributed by atoms with E-state index in [1.807, 2.05) is 13.0 Å². The third kappa shape index (κ3) is 3.01. The molecule has 0 saturated carbocycles. The van der Waals surface area contributed by atoms with Crippen LogP contribution in [-0.2, 0) is 4.79 Å². The van der Waals surface area contributed by atoms with Crippen LogP contribution < -0.4 is 4.74 Å². The van der Waals surface area contributed by atoms with Gasteiger partial charge in [0.15, 0.2) is 5.78 Å². The molecule has 0 aliphatic rings. The highest BCUT2D eigenvalue weighted by molar-refractivity contribution is 6.11. The Labute approximate surface area is 117 Å². The van der Waals surface area contributed by atoms with Crippen molar-refractivity contribution in [3.8, 4) is 5.75 Å². The van der Waals surface area contributed by atoms with Crippen molar-refractivity contribution in [1.82, 2.24) is 0 Å². The molecule has 2 aromatic rings. The van der Waals surface area contributed by atoms with Gasteiger partial charge in [0, 0.05) is 11.6 Å². The van der Waals surface area contributed by atoms with E-state index < -0.39 is 5.97 Å². The summed E-state index contributed by atoms with van der Waals surface area (Å²) in [6.45, 7) is 5.22. The third-order valence-electron chi connectivity index (χ3n) is 2.79. The molecule has 0 aromatic heterocycles. The number of hydrogen-bond donors (Lipinski definition) is 0. The summed E-state index contributed by atoms with van der Waals surface area (Å²) in [5, 5.41) is 0. The smallest absolute Gasteiger partial charge is 0.335 e. The first-order chi connectivity index (χ1) is 9.61. The molecule has 0 bridgehead atoms. The van der Waals surface area contributed by atoms with Crippen molar-refractivity contribution in [2.75, 3.05) is 0 Å². The molecule has 0 atom stereocenters. The van der Waals surface area contributed by atoms with Crippen LogP contribution in [0.5, 0.6) is 5.75 Å². The highest BCUT2D eigenvalue weighted by atomic mass is 16.5. The monoisotopic (exact) mass is 266 g/mol. The standard InChI is InChI=1S/C17H14O3/c1-3-16(18)20-15-10-9-12(2)11-14(15)17(19)13-7-5-4-6-8-13/h3-11H,1H2,2H3. The maximum absolute atomic E-state index is 12.5. The van der Waals surface area contributed by atoms with E-state index in [1.165, 1.54) is 0 Å². The van der Waals surface area contributed by atoms with E-state index >= 15 is 0 Å². The van der Waals surface area contributed by atoms with Crippen molar-refractivity contribution in [3.05, 3.63) is 77.9 Å². The highest BCUT2D eigenvalue weighted by Gasteiger charge is 2.16. The first-order valence-corrected chi connectivity index (χ1v) is 6.16. The number of esters is 1. The van der Waals surface area contributed by atoms with E-state index in [-0.39, 0.29) is 11.5 Å². The van der Waals surface area contributed by atoms with E-state index in [4.69, 9.17) is 4.74 Å². The highest BCUT2D eigenvalue weighted by Crippen LogP contribution is 2.23. The maximum atomic E-state index is 12.5. The van der Waals surface area contributed by atoms with Crippen molar-refractivity contribution in [3.63, 3.8) is 0 Å². The largest absolute Gasteiger partial charge is 0.423 e. The number of hydrogen-bond acceptors (Lipinski definition) is 3. The van der Waals surface area contributed by atoms with Gasteiger partial charge < -0.3 is 4.74 Å². The van der Waals surface area contributed by atoms with Gasteiger partial charge in [0.2, 0.25) is 0 Å². The van der Waals surface area contributed by atoms with Crippen LogP contribution in [0.15, 0.2) is 61.2 Å². The first kappa shape index (κ1) is 13.7. The van der Waals surface area contributed by atoms with Crippen LogP contribution in [0.2, 0.25) is 0 Å². The van der Waals surface area contributed by atoms with E-state index in [0.717, 1.165) is 11.6 Å². The zero-order valence-corrected chi connectivity index (χ0v) is 11.1. The fourth-order valence-corrected chi connectivity index (χ4v) is 1.81. The zero-order chi connectivity index (χ0) is 14.5. The molecule has 100 valence electrons. The fraction of sp³-hybridized carbons (Fsp3) is 0.0588. The number of ether oxygens (including phenoxy) is 1. The number of rotatable bonds is 4. The summed E-state index contributed by atoms with van der Waals surface area (Å²) in [5.41, 5.74) is 1.84. The maximum Gasteiger partial charge on any atom is 0.335 e. The van der Waals surface area contributed by atoms with Gasteiger partial charge in [-0.1, -0.05) is 48.5 Å². The Morgan fingerprint density at radius 1 is 1.10 bits per heavy atom. The van der Waals surface area contributed by atoms with Crippen molar-refractivity contribution in [2.24, 2.45) is 0 Å². The molecule has 0 heterocycles. The fourth-order valence-electron chi connectivity index (χ4n) is 1.81. The number of carbonyl (C=O) groups excluding carboxylic acids is 2. The number of aryl methyl sites for hydroxylation is 1. The summed E-state index contributed by atoms with van der Waals surface area (Å²) in [4.78, 5) is 23.8. The quantitative estimate of drug-likeness (QED) is 0.369. The predicted molar refractivity (Wildman–Crippen MR) is 76.9 cm³/mol. The Morgan fingerprint density at radius 3 is 2.45 bits per heavy atom. The Morgan fingerprint density at radius 2 is 1.80 bits per heavy atom. The normalized spacial score (nSPS) is 9.85. The molecule has 0 saturated heterocycles. The summed E-state index contributed by atoms with van der Waals surface area (Å²) in [6, 6.07) is 14.0. The van der Waals surface area contributed by atoms with E-state index in [2.05, 4.69) is 6.58 Å². The average molecular weight is 266 g/mol. The van der Waals surface area contributed by atoms with E-state index in [9.17, 15) is 9.59 Å². The lowest BCUT2D eigenvalue weighted by molar-refractivity contribution is -0.128. The molecular formula is C17H14O3. The van der Waals surface area contributed by atoms with Crippen molar-refractivity contribution >= 4 is 11.8 Å². The zero-order valence-electron chi connectivity index (χ0n) is 11.1. The molecule has 0 aliphatic heterocycles. The molecule has 0 radical (unpaired) electrons. The molecule has 0 amide bonds. The third-order valence-corrected chi connectivity index (χ3v) is 2.79. The van der Waals surface area contributed by atoms with Crippen LogP contribution in [0.1, 0.15) is 21.5 Å². The first-order valence-electron chi connectivity index (χ1n) is 6.16. The van der Waals surface area contributed by atoms with Gasteiger partial charge >= 0.3 is 5.97 Å². The number of ketones is 1. The Balaban J connectivity index is 2.44. The lowest BCUT2D eigenvalue weighted by Gasteiger charge is -2.09. The molecule has 20 heavy (non-hydrogen) atoms. The Bertz CT molecular complexity index is 657. The second kappa shape index (κ2) is 5.97. The van der Waals surface area contributed by atoms with Gasteiger partial charge in [-0.2, -0.15) is 0 Å². The van der Waals surface area contributed by atoms with E-state index in [0.29, 0.717) is 11.1 Å². The van der Waals surface area contributed by atoms with Gasteiger partial charge in [0.25, 0.3) is 0 Å². The molecule has 2 aromatic carbocycles. The molecule has 0 unspecified atom stereocenters. The summed E-state index contributed by atoms with van der Waals surface area (Å²) in [5.74, 6) is -0.522. The van der Waals surface area contributed by atoms with Crippen LogP contribution >= 0.6 is 0 Å². The molecular weight excluding hydrogens is 252 g/mol. The Hall–Kier alpha value is -2.68. The van der Waals surface area contributed by atoms with Gasteiger partial charge in [-0.25, -0.2) is 4.79 Å². The predicted octanol–water partition coefficient (Wildman–Crippen LogP) is 3.32. The molecule has 0 fully saturated rings. The lowest BCUT2D eigenvalue weighted by Crippen LogP contribution is -2.09. The van der Waals surface area contributed by atoms with Crippen LogP contribution in [-0.4, -0.2) is 11.8 Å². The second-order valence-corrected chi connectivity index (χ2v) is 4.32. The number of carbonyl (C=O) groups is 2. The van der Waals surface area contributed by atoms with Crippen LogP contribution in [0.3, 0.4) is 0 Å². The summed E-state index contributed by atoms with van der Waals surface area (Å²) >= 11 is 0. The number of benzene rings is 2. The minimum Gasteiger partial charge on any atom is -0.423 e. The van der Waals surface area contributed by atoms with Gasteiger partial charge in [0.05, 0.1) is 5.56 Å². The van der Waals surface area contributed by atoms with Crippen molar-refractivity contribution < 1.29 is 14.3 Å². The van der Waals surface area contributed by atoms with Gasteiger partial charge in [-0.15, -0.1) is 0 Å². The Kier molecular flexibility index (Phi) is 4.11. The second-order valence-electron chi connectivity index (χ2n) is 4.32. The van der Waals surface area contributed by atoms with Crippen LogP contribution in [0, 0.1) is 6.92 Å². The molecule has 0 spiro atoms. The molecule has 3 heteroatoms. The minimum atomic E-state index is -0.587. The van der Waals surface area contributed by atoms with Crippen molar-refractivity contribution in [1.29, 1.82) is 0 Å². The van der Waals surface area contributed by atoms with Crippen LogP contribution in [0.4, 0.5) is 0 Å².